The van der Waals surface area contributed by atoms with E-state index >= 15 is 0 Å². The molecule has 0 N–H and O–H groups in total. The lowest BCUT2D eigenvalue weighted by molar-refractivity contribution is -0.117. The average molecular weight is 263 g/mol. The van der Waals surface area contributed by atoms with Crippen molar-refractivity contribution in [2.75, 3.05) is 0 Å². The Morgan fingerprint density at radius 1 is 0.900 bits per heavy atom. The Kier molecular flexibility index (Phi) is 3.73. The number of benzene rings is 2. The molecule has 0 aliphatic heterocycles. The van der Waals surface area contributed by atoms with E-state index in [1.807, 2.05) is 36.4 Å². The van der Waals surface area contributed by atoms with Gasteiger partial charge in [-0.3, -0.25) is 9.79 Å². The van der Waals surface area contributed by atoms with E-state index < -0.39 is 0 Å². The Morgan fingerprint density at radius 3 is 1.90 bits per heavy atom. The topological polar surface area (TPSA) is 29.4 Å². The molecule has 1 aliphatic rings. The predicted molar refractivity (Wildman–Crippen MR) is 81.2 cm³/mol. The smallest absolute Gasteiger partial charge is 0.135 e. The van der Waals surface area contributed by atoms with Gasteiger partial charge in [0.2, 0.25) is 0 Å². The monoisotopic (exact) mass is 263 g/mol. The first-order chi connectivity index (χ1) is 9.83. The van der Waals surface area contributed by atoms with E-state index in [0.29, 0.717) is 18.6 Å². The summed E-state index contributed by atoms with van der Waals surface area (Å²) in [4.78, 5) is 16.3. The maximum Gasteiger partial charge on any atom is 0.135 e. The summed E-state index contributed by atoms with van der Waals surface area (Å²) >= 11 is 0. The molecule has 2 nitrogen and oxygen atoms in total. The van der Waals surface area contributed by atoms with Crippen molar-refractivity contribution >= 4 is 11.5 Å². The Hall–Kier alpha value is -2.22. The van der Waals surface area contributed by atoms with Gasteiger partial charge in [-0.25, -0.2) is 0 Å². The van der Waals surface area contributed by atoms with Crippen LogP contribution in [0, 0.1) is 0 Å². The fraction of sp³-hybridized carbons (Fsp3) is 0.222. The highest BCUT2D eigenvalue weighted by atomic mass is 16.1. The number of nitrogens with zero attached hydrogens (tertiary/aromatic N) is 1. The van der Waals surface area contributed by atoms with Crippen molar-refractivity contribution in [1.82, 2.24) is 0 Å². The second-order valence-corrected chi connectivity index (χ2v) is 5.15. The number of carbonyl (C=O) groups is 1. The van der Waals surface area contributed by atoms with E-state index in [4.69, 9.17) is 4.99 Å². The molecular weight excluding hydrogens is 246 g/mol. The van der Waals surface area contributed by atoms with Gasteiger partial charge >= 0.3 is 0 Å². The molecule has 0 heterocycles. The first-order valence-corrected chi connectivity index (χ1v) is 7.03. The molecule has 2 aromatic rings. The highest BCUT2D eigenvalue weighted by Crippen LogP contribution is 2.21. The van der Waals surface area contributed by atoms with E-state index in [0.717, 1.165) is 23.3 Å². The Balaban J connectivity index is 2.00. The van der Waals surface area contributed by atoms with Crippen molar-refractivity contribution in [2.24, 2.45) is 4.99 Å². The van der Waals surface area contributed by atoms with Crippen LogP contribution in [-0.4, -0.2) is 17.5 Å². The molecule has 20 heavy (non-hydrogen) atoms. The maximum atomic E-state index is 11.4. The molecule has 0 radical (unpaired) electrons. The highest BCUT2D eigenvalue weighted by molar-refractivity contribution is 6.13. The molecule has 1 saturated carbocycles. The van der Waals surface area contributed by atoms with Gasteiger partial charge in [0.05, 0.1) is 11.8 Å². The summed E-state index contributed by atoms with van der Waals surface area (Å²) in [5, 5.41) is 0. The zero-order chi connectivity index (χ0) is 13.8. The van der Waals surface area contributed by atoms with Crippen LogP contribution in [0.4, 0.5) is 0 Å². The molecule has 2 heteroatoms. The van der Waals surface area contributed by atoms with Gasteiger partial charge in [-0.2, -0.15) is 0 Å². The largest absolute Gasteiger partial charge is 0.300 e. The van der Waals surface area contributed by atoms with Gasteiger partial charge in [0, 0.05) is 24.0 Å². The number of Topliss-reactive ketones (excluding diaryl/α,β-unsaturated/α-hetero) is 1. The van der Waals surface area contributed by atoms with E-state index in [-0.39, 0.29) is 6.04 Å². The molecule has 3 rings (SSSR count). The van der Waals surface area contributed by atoms with Gasteiger partial charge in [-0.05, 0) is 6.42 Å². The van der Waals surface area contributed by atoms with Crippen LogP contribution in [0.15, 0.2) is 65.7 Å². The zero-order valence-electron chi connectivity index (χ0n) is 11.3. The van der Waals surface area contributed by atoms with Gasteiger partial charge in [-0.15, -0.1) is 0 Å². The minimum absolute atomic E-state index is 0.137. The van der Waals surface area contributed by atoms with E-state index in [1.165, 1.54) is 0 Å². The van der Waals surface area contributed by atoms with Gasteiger partial charge in [0.25, 0.3) is 0 Å². The molecule has 0 saturated heterocycles. The summed E-state index contributed by atoms with van der Waals surface area (Å²) in [5.74, 6) is 0.333. The first kappa shape index (κ1) is 12.8. The predicted octanol–water partition coefficient (Wildman–Crippen LogP) is 3.65. The van der Waals surface area contributed by atoms with Crippen LogP contribution in [0.1, 0.15) is 30.4 Å². The van der Waals surface area contributed by atoms with E-state index in [9.17, 15) is 4.79 Å². The number of carbonyl (C=O) groups excluding carboxylic acids is 1. The van der Waals surface area contributed by atoms with Crippen LogP contribution in [-0.2, 0) is 4.79 Å². The van der Waals surface area contributed by atoms with Crippen molar-refractivity contribution in [3.8, 4) is 0 Å². The zero-order valence-corrected chi connectivity index (χ0v) is 11.3. The molecule has 1 aliphatic carbocycles. The Bertz CT molecular complexity index is 575. The molecule has 0 amide bonds. The van der Waals surface area contributed by atoms with Crippen molar-refractivity contribution < 1.29 is 4.79 Å². The number of hydrogen-bond acceptors (Lipinski definition) is 2. The van der Waals surface area contributed by atoms with Gasteiger partial charge < -0.3 is 0 Å². The van der Waals surface area contributed by atoms with Crippen LogP contribution in [0.3, 0.4) is 0 Å². The highest BCUT2D eigenvalue weighted by Gasteiger charge is 2.22. The first-order valence-electron chi connectivity index (χ1n) is 7.03. The summed E-state index contributed by atoms with van der Waals surface area (Å²) in [6, 6.07) is 20.5. The fourth-order valence-electron chi connectivity index (χ4n) is 2.60. The molecule has 1 fully saturated rings. The van der Waals surface area contributed by atoms with Crippen LogP contribution >= 0.6 is 0 Å². The molecule has 0 aromatic heterocycles. The number of rotatable bonds is 3. The second-order valence-electron chi connectivity index (χ2n) is 5.15. The Labute approximate surface area is 119 Å². The van der Waals surface area contributed by atoms with Crippen LogP contribution in [0.2, 0.25) is 0 Å². The minimum atomic E-state index is 0.137. The quantitative estimate of drug-likeness (QED) is 0.777. The van der Waals surface area contributed by atoms with Gasteiger partial charge in [-0.1, -0.05) is 60.7 Å². The summed E-state index contributed by atoms with van der Waals surface area (Å²) < 4.78 is 0. The van der Waals surface area contributed by atoms with Crippen LogP contribution in [0.25, 0.3) is 0 Å². The second kappa shape index (κ2) is 5.83. The Morgan fingerprint density at radius 2 is 1.45 bits per heavy atom. The van der Waals surface area contributed by atoms with Gasteiger partial charge in [0.15, 0.2) is 0 Å². The maximum absolute atomic E-state index is 11.4. The van der Waals surface area contributed by atoms with Crippen molar-refractivity contribution in [3.63, 3.8) is 0 Å². The molecule has 100 valence electrons. The number of hydrogen-bond donors (Lipinski definition) is 0. The van der Waals surface area contributed by atoms with Crippen molar-refractivity contribution in [3.05, 3.63) is 71.8 Å². The van der Waals surface area contributed by atoms with E-state index in [2.05, 4.69) is 24.3 Å². The summed E-state index contributed by atoms with van der Waals surface area (Å²) in [7, 11) is 0. The normalized spacial score (nSPS) is 18.0. The summed E-state index contributed by atoms with van der Waals surface area (Å²) in [6.07, 6.45) is 2.14. The molecular formula is C18H17NO. The standard InChI is InChI=1S/C18H17NO/c20-17-12-11-16(13-17)19-18(14-7-3-1-4-8-14)15-9-5-2-6-10-15/h1-10,16H,11-13H2. The van der Waals surface area contributed by atoms with E-state index in [1.54, 1.807) is 0 Å². The average Bonchev–Trinajstić information content (AvgIpc) is 2.92. The van der Waals surface area contributed by atoms with Crippen LogP contribution < -0.4 is 0 Å². The molecule has 0 spiro atoms. The number of ketones is 1. The summed E-state index contributed by atoms with van der Waals surface area (Å²) in [5.41, 5.74) is 3.21. The number of aliphatic imine (C=N–C) groups is 1. The minimum Gasteiger partial charge on any atom is -0.300 e. The third-order valence-corrected chi connectivity index (χ3v) is 3.63. The van der Waals surface area contributed by atoms with Crippen LogP contribution in [0.5, 0.6) is 0 Å². The third kappa shape index (κ3) is 2.85. The van der Waals surface area contributed by atoms with Crippen molar-refractivity contribution in [1.29, 1.82) is 0 Å². The van der Waals surface area contributed by atoms with Crippen molar-refractivity contribution in [2.45, 2.75) is 25.3 Å². The lowest BCUT2D eigenvalue weighted by atomic mass is 10.0. The fourth-order valence-corrected chi connectivity index (χ4v) is 2.60. The molecule has 1 atom stereocenters. The molecule has 0 bridgehead atoms. The summed E-state index contributed by atoms with van der Waals surface area (Å²) in [6.45, 7) is 0. The lowest BCUT2D eigenvalue weighted by Crippen LogP contribution is -2.09. The van der Waals surface area contributed by atoms with Gasteiger partial charge in [0.1, 0.15) is 5.78 Å². The SMILES string of the molecule is O=C1CCC(N=C(c2ccccc2)c2ccccc2)C1. The molecule has 1 unspecified atom stereocenters. The molecule has 2 aromatic carbocycles. The lowest BCUT2D eigenvalue weighted by Gasteiger charge is -2.10. The third-order valence-electron chi connectivity index (χ3n) is 3.63.